The van der Waals surface area contributed by atoms with Crippen molar-refractivity contribution < 1.29 is 9.90 Å². The van der Waals surface area contributed by atoms with Crippen LogP contribution in [0.2, 0.25) is 0 Å². The molecule has 1 fully saturated rings. The Labute approximate surface area is 108 Å². The second kappa shape index (κ2) is 5.40. The molecule has 0 unspecified atom stereocenters. The van der Waals surface area contributed by atoms with Crippen LogP contribution in [0, 0.1) is 6.92 Å². The number of carbonyl (C=O) groups is 1. The lowest BCUT2D eigenvalue weighted by atomic mass is 10.1. The van der Waals surface area contributed by atoms with Crippen molar-refractivity contribution >= 4 is 5.91 Å². The van der Waals surface area contributed by atoms with Gasteiger partial charge in [-0.1, -0.05) is 17.7 Å². The van der Waals surface area contributed by atoms with Gasteiger partial charge in [0.15, 0.2) is 0 Å². The highest BCUT2D eigenvalue weighted by Gasteiger charge is 2.19. The average molecular weight is 248 g/mol. The van der Waals surface area contributed by atoms with Crippen molar-refractivity contribution in [2.45, 2.75) is 20.4 Å². The largest absolute Gasteiger partial charge is 0.508 e. The van der Waals surface area contributed by atoms with Crippen molar-refractivity contribution in [3.8, 4) is 5.75 Å². The van der Waals surface area contributed by atoms with E-state index in [2.05, 4.69) is 4.90 Å². The molecule has 18 heavy (non-hydrogen) atoms. The average Bonchev–Trinajstić information content (AvgIpc) is 2.34. The zero-order chi connectivity index (χ0) is 13.1. The summed E-state index contributed by atoms with van der Waals surface area (Å²) in [6.07, 6.45) is 0. The summed E-state index contributed by atoms with van der Waals surface area (Å²) in [6.45, 7) is 7.68. The molecule has 4 heteroatoms. The van der Waals surface area contributed by atoms with Crippen molar-refractivity contribution in [1.82, 2.24) is 9.80 Å². The van der Waals surface area contributed by atoms with Crippen molar-refractivity contribution in [1.29, 1.82) is 0 Å². The van der Waals surface area contributed by atoms with Gasteiger partial charge in [-0.2, -0.15) is 0 Å². The number of hydrogen-bond donors (Lipinski definition) is 1. The van der Waals surface area contributed by atoms with Gasteiger partial charge in [-0.3, -0.25) is 9.69 Å². The predicted octanol–water partition coefficient (Wildman–Crippen LogP) is 1.36. The number of phenols is 1. The molecule has 0 saturated carbocycles. The maximum Gasteiger partial charge on any atom is 0.219 e. The molecule has 0 atom stereocenters. The highest BCUT2D eigenvalue weighted by Crippen LogP contribution is 2.20. The Morgan fingerprint density at radius 1 is 1.28 bits per heavy atom. The highest BCUT2D eigenvalue weighted by molar-refractivity contribution is 5.73. The number of phenolic OH excluding ortho intramolecular Hbond substituents is 1. The Bertz CT molecular complexity index is 437. The summed E-state index contributed by atoms with van der Waals surface area (Å²) in [5, 5.41) is 9.81. The lowest BCUT2D eigenvalue weighted by Crippen LogP contribution is -2.47. The summed E-state index contributed by atoms with van der Waals surface area (Å²) >= 11 is 0. The Morgan fingerprint density at radius 3 is 2.56 bits per heavy atom. The zero-order valence-corrected chi connectivity index (χ0v) is 11.0. The smallest absolute Gasteiger partial charge is 0.219 e. The van der Waals surface area contributed by atoms with Gasteiger partial charge < -0.3 is 10.0 Å². The van der Waals surface area contributed by atoms with Crippen LogP contribution in [0.25, 0.3) is 0 Å². The Morgan fingerprint density at radius 2 is 1.94 bits per heavy atom. The second-order valence-electron chi connectivity index (χ2n) is 4.91. The first kappa shape index (κ1) is 12.9. The van der Waals surface area contributed by atoms with Gasteiger partial charge in [0.25, 0.3) is 0 Å². The zero-order valence-electron chi connectivity index (χ0n) is 11.0. The quantitative estimate of drug-likeness (QED) is 0.859. The molecule has 4 nitrogen and oxygen atoms in total. The number of amides is 1. The van der Waals surface area contributed by atoms with E-state index >= 15 is 0 Å². The minimum absolute atomic E-state index is 0.146. The Kier molecular flexibility index (Phi) is 3.87. The first-order chi connectivity index (χ1) is 8.56. The number of aryl methyl sites for hydroxylation is 1. The van der Waals surface area contributed by atoms with Gasteiger partial charge in [0.1, 0.15) is 5.75 Å². The van der Waals surface area contributed by atoms with Crippen molar-refractivity contribution in [2.75, 3.05) is 26.2 Å². The van der Waals surface area contributed by atoms with Gasteiger partial charge in [-0.15, -0.1) is 0 Å². The molecule has 0 spiro atoms. The standard InChI is InChI=1S/C14H20N2O2/c1-11-3-4-14(18)13(9-11)10-15-5-7-16(8-6-15)12(2)17/h3-4,9,18H,5-8,10H2,1-2H3. The van der Waals surface area contributed by atoms with E-state index in [1.54, 1.807) is 13.0 Å². The van der Waals surface area contributed by atoms with Gasteiger partial charge in [-0.25, -0.2) is 0 Å². The fraction of sp³-hybridized carbons (Fsp3) is 0.500. The van der Waals surface area contributed by atoms with E-state index in [-0.39, 0.29) is 5.91 Å². The molecular weight excluding hydrogens is 228 g/mol. The maximum absolute atomic E-state index is 11.2. The molecule has 0 radical (unpaired) electrons. The number of hydrogen-bond acceptors (Lipinski definition) is 3. The minimum Gasteiger partial charge on any atom is -0.508 e. The highest BCUT2D eigenvalue weighted by atomic mass is 16.3. The summed E-state index contributed by atoms with van der Waals surface area (Å²) in [6, 6.07) is 5.68. The van der Waals surface area contributed by atoms with E-state index in [4.69, 9.17) is 0 Å². The molecule has 1 aromatic rings. The third-order valence-corrected chi connectivity index (χ3v) is 3.45. The minimum atomic E-state index is 0.146. The topological polar surface area (TPSA) is 43.8 Å². The molecule has 0 aromatic heterocycles. The van der Waals surface area contributed by atoms with Crippen LogP contribution in [-0.4, -0.2) is 47.0 Å². The number of carbonyl (C=O) groups excluding carboxylic acids is 1. The summed E-state index contributed by atoms with van der Waals surface area (Å²) in [7, 11) is 0. The monoisotopic (exact) mass is 248 g/mol. The summed E-state index contributed by atoms with van der Waals surface area (Å²) in [5.41, 5.74) is 2.12. The molecule has 1 heterocycles. The molecule has 0 aliphatic carbocycles. The molecule has 0 bridgehead atoms. The van der Waals surface area contributed by atoms with Crippen LogP contribution in [0.4, 0.5) is 0 Å². The van der Waals surface area contributed by atoms with E-state index in [0.29, 0.717) is 5.75 Å². The number of nitrogens with zero attached hydrogens (tertiary/aromatic N) is 2. The fourth-order valence-corrected chi connectivity index (χ4v) is 2.30. The van der Waals surface area contributed by atoms with Crippen LogP contribution in [0.5, 0.6) is 5.75 Å². The number of aromatic hydroxyl groups is 1. The molecule has 98 valence electrons. The Hall–Kier alpha value is -1.55. The van der Waals surface area contributed by atoms with Gasteiger partial charge in [0.05, 0.1) is 0 Å². The van der Waals surface area contributed by atoms with E-state index < -0.39 is 0 Å². The lowest BCUT2D eigenvalue weighted by molar-refractivity contribution is -0.130. The van der Waals surface area contributed by atoms with Gasteiger partial charge >= 0.3 is 0 Å². The molecule has 1 aliphatic heterocycles. The van der Waals surface area contributed by atoms with Crippen LogP contribution in [0.15, 0.2) is 18.2 Å². The molecule has 2 rings (SSSR count). The van der Waals surface area contributed by atoms with Crippen molar-refractivity contribution in [3.05, 3.63) is 29.3 Å². The molecule has 1 N–H and O–H groups in total. The number of benzene rings is 1. The van der Waals surface area contributed by atoms with E-state index in [1.165, 1.54) is 0 Å². The van der Waals surface area contributed by atoms with Crippen LogP contribution in [0.3, 0.4) is 0 Å². The number of rotatable bonds is 2. The van der Waals surface area contributed by atoms with E-state index in [1.807, 2.05) is 24.0 Å². The maximum atomic E-state index is 11.2. The molecule has 1 aliphatic rings. The van der Waals surface area contributed by atoms with Crippen LogP contribution in [-0.2, 0) is 11.3 Å². The number of piperazine rings is 1. The normalized spacial score (nSPS) is 16.9. The van der Waals surface area contributed by atoms with Gasteiger partial charge in [-0.05, 0) is 13.0 Å². The van der Waals surface area contributed by atoms with E-state index in [9.17, 15) is 9.90 Å². The van der Waals surface area contributed by atoms with Crippen LogP contribution >= 0.6 is 0 Å². The SMILES string of the molecule is CC(=O)N1CCN(Cc2cc(C)ccc2O)CC1. The van der Waals surface area contributed by atoms with Crippen molar-refractivity contribution in [3.63, 3.8) is 0 Å². The van der Waals surface area contributed by atoms with Crippen molar-refractivity contribution in [2.24, 2.45) is 0 Å². The third kappa shape index (κ3) is 3.01. The fourth-order valence-electron chi connectivity index (χ4n) is 2.30. The summed E-state index contributed by atoms with van der Waals surface area (Å²) in [4.78, 5) is 15.4. The van der Waals surface area contributed by atoms with Crippen LogP contribution < -0.4 is 0 Å². The summed E-state index contributed by atoms with van der Waals surface area (Å²) in [5.74, 6) is 0.502. The van der Waals surface area contributed by atoms with Gasteiger partial charge in [0.2, 0.25) is 5.91 Å². The Balaban J connectivity index is 1.95. The molecule has 1 aromatic carbocycles. The molecular formula is C14H20N2O2. The second-order valence-corrected chi connectivity index (χ2v) is 4.91. The lowest BCUT2D eigenvalue weighted by Gasteiger charge is -2.34. The van der Waals surface area contributed by atoms with E-state index in [0.717, 1.165) is 43.9 Å². The molecule has 1 amide bonds. The first-order valence-corrected chi connectivity index (χ1v) is 6.32. The summed E-state index contributed by atoms with van der Waals surface area (Å²) < 4.78 is 0. The first-order valence-electron chi connectivity index (χ1n) is 6.32. The third-order valence-electron chi connectivity index (χ3n) is 3.45. The molecule has 1 saturated heterocycles. The predicted molar refractivity (Wildman–Crippen MR) is 70.4 cm³/mol. The van der Waals surface area contributed by atoms with Crippen LogP contribution in [0.1, 0.15) is 18.1 Å². The van der Waals surface area contributed by atoms with Gasteiger partial charge in [0, 0.05) is 45.2 Å².